The Balaban J connectivity index is 1.70. The molecule has 2 aromatic rings. The van der Waals surface area contributed by atoms with Crippen molar-refractivity contribution in [2.24, 2.45) is 5.92 Å². The molecule has 0 aliphatic heterocycles. The van der Waals surface area contributed by atoms with Crippen molar-refractivity contribution in [3.05, 3.63) is 35.7 Å². The summed E-state index contributed by atoms with van der Waals surface area (Å²) >= 11 is 1.58. The van der Waals surface area contributed by atoms with Gasteiger partial charge in [-0.1, -0.05) is 0 Å². The van der Waals surface area contributed by atoms with Crippen LogP contribution in [0.15, 0.2) is 30.0 Å². The lowest BCUT2D eigenvalue weighted by atomic mass is 9.97. The number of imidazole rings is 1. The number of ether oxygens (including phenoxy) is 3. The predicted molar refractivity (Wildman–Crippen MR) is 132 cm³/mol. The van der Waals surface area contributed by atoms with Gasteiger partial charge in [-0.05, 0) is 84.2 Å². The van der Waals surface area contributed by atoms with Crippen molar-refractivity contribution < 1.29 is 28.6 Å². The molecule has 2 heterocycles. The number of amides is 2. The molecule has 1 aliphatic rings. The number of carbonyl (C=O) groups is 3. The summed E-state index contributed by atoms with van der Waals surface area (Å²) in [5, 5.41) is 2.98. The van der Waals surface area contributed by atoms with E-state index in [0.717, 1.165) is 9.90 Å². The zero-order chi connectivity index (χ0) is 26.0. The Labute approximate surface area is 210 Å². The van der Waals surface area contributed by atoms with Crippen LogP contribution in [0, 0.1) is 5.92 Å². The second-order valence-electron chi connectivity index (χ2n) is 10.7. The van der Waals surface area contributed by atoms with Gasteiger partial charge in [-0.3, -0.25) is 9.36 Å². The second kappa shape index (κ2) is 10.0. The molecule has 1 saturated carbocycles. The fraction of sp³-hybridized carbons (Fsp3) is 0.600. The summed E-state index contributed by atoms with van der Waals surface area (Å²) in [6.45, 7) is 10.5. The smallest absolute Gasteiger partial charge is 0.419 e. The molecular weight excluding hydrogens is 470 g/mol. The van der Waals surface area contributed by atoms with Crippen molar-refractivity contribution in [2.45, 2.75) is 77.4 Å². The van der Waals surface area contributed by atoms with Crippen molar-refractivity contribution in [3.63, 3.8) is 0 Å². The summed E-state index contributed by atoms with van der Waals surface area (Å²) in [5.74, 6) is -0.337. The first kappa shape index (κ1) is 26.7. The van der Waals surface area contributed by atoms with Crippen molar-refractivity contribution in [1.29, 1.82) is 0 Å². The Kier molecular flexibility index (Phi) is 7.64. The van der Waals surface area contributed by atoms with Crippen molar-refractivity contribution >= 4 is 29.5 Å². The SMILES string of the molecule is COC(=O)[C@]1(c2cn(-c3cccs3)cn2)C[C@@H]1CCCN(C(=O)OC(C)(C)C)C(=O)OC(C)(C)C. The lowest BCUT2D eigenvalue weighted by molar-refractivity contribution is -0.144. The molecule has 2 atom stereocenters. The number of hydrogen-bond donors (Lipinski definition) is 0. The van der Waals surface area contributed by atoms with E-state index in [-0.39, 0.29) is 18.4 Å². The highest BCUT2D eigenvalue weighted by Gasteiger charge is 2.63. The maximum absolute atomic E-state index is 12.8. The lowest BCUT2D eigenvalue weighted by Crippen LogP contribution is -2.44. The molecule has 0 N–H and O–H groups in total. The van der Waals surface area contributed by atoms with Crippen LogP contribution in [0.25, 0.3) is 5.00 Å². The van der Waals surface area contributed by atoms with Crippen LogP contribution in [-0.2, 0) is 24.4 Å². The number of carbonyl (C=O) groups excluding carboxylic acids is 3. The van der Waals surface area contributed by atoms with Gasteiger partial charge in [0.25, 0.3) is 0 Å². The van der Waals surface area contributed by atoms with Gasteiger partial charge in [0.1, 0.15) is 27.9 Å². The monoisotopic (exact) mass is 505 g/mol. The van der Waals surface area contributed by atoms with Gasteiger partial charge in [-0.25, -0.2) is 19.5 Å². The van der Waals surface area contributed by atoms with Crippen LogP contribution in [0.5, 0.6) is 0 Å². The van der Waals surface area contributed by atoms with Gasteiger partial charge in [0.15, 0.2) is 0 Å². The third-order valence-electron chi connectivity index (χ3n) is 5.62. The number of imide groups is 1. The molecule has 9 nitrogen and oxygen atoms in total. The first-order valence-electron chi connectivity index (χ1n) is 11.7. The highest BCUT2D eigenvalue weighted by atomic mass is 32.1. The van der Waals surface area contributed by atoms with E-state index in [0.29, 0.717) is 25.0 Å². The molecule has 10 heteroatoms. The van der Waals surface area contributed by atoms with E-state index >= 15 is 0 Å². The molecule has 3 rings (SSSR count). The minimum Gasteiger partial charge on any atom is -0.468 e. The van der Waals surface area contributed by atoms with Crippen LogP contribution in [0.1, 0.15) is 66.5 Å². The average Bonchev–Trinajstić information content (AvgIpc) is 3.11. The van der Waals surface area contributed by atoms with E-state index in [1.54, 1.807) is 59.2 Å². The maximum Gasteiger partial charge on any atom is 0.419 e. The summed E-state index contributed by atoms with van der Waals surface area (Å²) in [6, 6.07) is 3.93. The van der Waals surface area contributed by atoms with Gasteiger partial charge < -0.3 is 14.2 Å². The summed E-state index contributed by atoms with van der Waals surface area (Å²) in [6.07, 6.45) is 3.74. The summed E-state index contributed by atoms with van der Waals surface area (Å²) in [5.41, 5.74) is -1.66. The number of methoxy groups -OCH3 is 1. The molecule has 1 aliphatic carbocycles. The molecule has 0 unspecified atom stereocenters. The number of aromatic nitrogens is 2. The second-order valence-corrected chi connectivity index (χ2v) is 11.7. The molecule has 35 heavy (non-hydrogen) atoms. The fourth-order valence-corrected chi connectivity index (χ4v) is 4.68. The molecule has 0 aromatic carbocycles. The van der Waals surface area contributed by atoms with Crippen LogP contribution in [-0.4, -0.2) is 57.5 Å². The van der Waals surface area contributed by atoms with Gasteiger partial charge in [-0.2, -0.15) is 0 Å². The molecule has 0 saturated heterocycles. The minimum atomic E-state index is -0.820. The highest BCUT2D eigenvalue weighted by molar-refractivity contribution is 7.12. The first-order chi connectivity index (χ1) is 16.3. The summed E-state index contributed by atoms with van der Waals surface area (Å²) in [7, 11) is 1.38. The Morgan fingerprint density at radius 3 is 2.29 bits per heavy atom. The molecule has 2 amide bonds. The number of hydrogen-bond acceptors (Lipinski definition) is 8. The number of nitrogens with zero attached hydrogens (tertiary/aromatic N) is 3. The van der Waals surface area contributed by atoms with E-state index in [9.17, 15) is 14.4 Å². The molecule has 0 radical (unpaired) electrons. The maximum atomic E-state index is 12.8. The van der Waals surface area contributed by atoms with Gasteiger partial charge in [-0.15, -0.1) is 11.3 Å². The van der Waals surface area contributed by atoms with Crippen molar-refractivity contribution in [2.75, 3.05) is 13.7 Å². The van der Waals surface area contributed by atoms with Crippen LogP contribution in [0.3, 0.4) is 0 Å². The molecule has 0 spiro atoms. The third kappa shape index (κ3) is 6.42. The van der Waals surface area contributed by atoms with Crippen LogP contribution >= 0.6 is 11.3 Å². The molecule has 0 bridgehead atoms. The van der Waals surface area contributed by atoms with E-state index in [1.165, 1.54) is 7.11 Å². The number of thiophene rings is 1. The highest BCUT2D eigenvalue weighted by Crippen LogP contribution is 2.57. The fourth-order valence-electron chi connectivity index (χ4n) is 4.01. The average molecular weight is 506 g/mol. The zero-order valence-corrected chi connectivity index (χ0v) is 22.3. The van der Waals surface area contributed by atoms with E-state index in [2.05, 4.69) is 4.98 Å². The molecule has 1 fully saturated rings. The van der Waals surface area contributed by atoms with E-state index < -0.39 is 28.8 Å². The van der Waals surface area contributed by atoms with E-state index in [1.807, 2.05) is 28.3 Å². The lowest BCUT2D eigenvalue weighted by Gasteiger charge is -2.28. The molecule has 192 valence electrons. The Bertz CT molecular complexity index is 1020. The first-order valence-corrected chi connectivity index (χ1v) is 12.5. The Hall–Kier alpha value is -2.88. The largest absolute Gasteiger partial charge is 0.468 e. The molecule has 2 aromatic heterocycles. The Morgan fingerprint density at radius 1 is 1.14 bits per heavy atom. The Morgan fingerprint density at radius 2 is 1.77 bits per heavy atom. The zero-order valence-electron chi connectivity index (χ0n) is 21.5. The summed E-state index contributed by atoms with van der Waals surface area (Å²) < 4.78 is 17.9. The summed E-state index contributed by atoms with van der Waals surface area (Å²) in [4.78, 5) is 43.7. The van der Waals surface area contributed by atoms with Crippen molar-refractivity contribution in [3.8, 4) is 5.00 Å². The van der Waals surface area contributed by atoms with E-state index in [4.69, 9.17) is 14.2 Å². The number of esters is 1. The van der Waals surface area contributed by atoms with Crippen LogP contribution in [0.4, 0.5) is 9.59 Å². The van der Waals surface area contributed by atoms with Crippen LogP contribution < -0.4 is 0 Å². The molecular formula is C25H35N3O6S. The quantitative estimate of drug-likeness (QED) is 0.371. The third-order valence-corrected chi connectivity index (χ3v) is 6.50. The topological polar surface area (TPSA) is 100.0 Å². The van der Waals surface area contributed by atoms with Crippen LogP contribution in [0.2, 0.25) is 0 Å². The van der Waals surface area contributed by atoms with Crippen molar-refractivity contribution in [1.82, 2.24) is 14.5 Å². The minimum absolute atomic E-state index is 0.0132. The van der Waals surface area contributed by atoms with Gasteiger partial charge >= 0.3 is 18.2 Å². The standard InChI is InChI=1S/C25H35N3O6S/c1-23(2,3)33-21(30)28(22(31)34-24(4,5)6)12-8-10-17-14-25(17,20(29)32-7)18-15-27(16-26-18)19-11-9-13-35-19/h9,11,13,15-17H,8,10,12,14H2,1-7H3/t17-,25+/m0/s1. The number of rotatable bonds is 7. The normalized spacial score (nSPS) is 19.7. The predicted octanol–water partition coefficient (Wildman–Crippen LogP) is 5.32. The van der Waals surface area contributed by atoms with Gasteiger partial charge in [0.05, 0.1) is 12.8 Å². The van der Waals surface area contributed by atoms with Gasteiger partial charge in [0, 0.05) is 12.7 Å². The van der Waals surface area contributed by atoms with Gasteiger partial charge in [0.2, 0.25) is 0 Å².